The molecule has 3 rings (SSSR count). The van der Waals surface area contributed by atoms with Crippen LogP contribution >= 0.6 is 0 Å². The van der Waals surface area contributed by atoms with Gasteiger partial charge in [0.15, 0.2) is 0 Å². The van der Waals surface area contributed by atoms with Crippen molar-refractivity contribution < 1.29 is 19.8 Å². The Morgan fingerprint density at radius 1 is 1.52 bits per heavy atom. The number of aliphatic hydroxyl groups is 1. The Kier molecular flexibility index (Phi) is 5.32. The first kappa shape index (κ1) is 16.9. The van der Waals surface area contributed by atoms with Crippen molar-refractivity contribution in [2.45, 2.75) is 25.4 Å². The number of carbonyl (C=O) groups excluding carboxylic acids is 1. The van der Waals surface area contributed by atoms with E-state index in [4.69, 9.17) is 15.6 Å². The first-order valence-electron chi connectivity index (χ1n) is 7.41. The van der Waals surface area contributed by atoms with Crippen LogP contribution < -0.4 is 16.0 Å². The maximum atomic E-state index is 12.3. The van der Waals surface area contributed by atoms with Crippen molar-refractivity contribution in [3.05, 3.63) is 12.3 Å². The van der Waals surface area contributed by atoms with Crippen LogP contribution in [0.2, 0.25) is 0 Å². The van der Waals surface area contributed by atoms with Gasteiger partial charge in [-0.1, -0.05) is 0 Å². The number of hydrogen-bond acceptors (Lipinski definition) is 7. The molecule has 9 heteroatoms. The van der Waals surface area contributed by atoms with Crippen molar-refractivity contribution in [2.75, 3.05) is 30.3 Å². The number of aliphatic hydroxyl groups excluding tert-OH is 1. The highest BCUT2D eigenvalue weighted by Gasteiger charge is 2.50. The van der Waals surface area contributed by atoms with Crippen LogP contribution in [-0.2, 0) is 9.59 Å². The van der Waals surface area contributed by atoms with Crippen LogP contribution in [0.3, 0.4) is 0 Å². The molecule has 9 nitrogen and oxygen atoms in total. The van der Waals surface area contributed by atoms with Crippen LogP contribution in [0.4, 0.5) is 11.8 Å². The standard InChI is InChI=1S/C13H19N5O2.CH2O2/c14-12-16-6-2-10(17-12)18-7-3-9(19)13(8-18)4-1-5-15-11(13)20;2-1-3/h2,6,9,19H,1,3-5,7-8H2,(H,15,20)(H2,14,16,17);1H,(H,2,3)/t9-,13-;/m1./s1. The highest BCUT2D eigenvalue weighted by molar-refractivity contribution is 5.85. The minimum absolute atomic E-state index is 0.0528. The van der Waals surface area contributed by atoms with Crippen molar-refractivity contribution in [3.63, 3.8) is 0 Å². The zero-order chi connectivity index (χ0) is 16.9. The van der Waals surface area contributed by atoms with E-state index >= 15 is 0 Å². The molecule has 1 spiro atoms. The Hall–Kier alpha value is -2.42. The molecule has 2 saturated heterocycles. The predicted molar refractivity (Wildman–Crippen MR) is 82.7 cm³/mol. The minimum Gasteiger partial charge on any atom is -0.483 e. The molecule has 2 atom stereocenters. The molecule has 3 heterocycles. The summed E-state index contributed by atoms with van der Waals surface area (Å²) in [5.41, 5.74) is 4.89. The number of hydrogen-bond donors (Lipinski definition) is 4. The van der Waals surface area contributed by atoms with Crippen LogP contribution in [-0.4, -0.2) is 58.3 Å². The summed E-state index contributed by atoms with van der Waals surface area (Å²) in [7, 11) is 0. The lowest BCUT2D eigenvalue weighted by Gasteiger charge is -2.47. The normalized spacial score (nSPS) is 26.9. The Balaban J connectivity index is 0.000000595. The van der Waals surface area contributed by atoms with E-state index in [9.17, 15) is 9.90 Å². The predicted octanol–water partition coefficient (Wildman–Crippen LogP) is -0.773. The van der Waals surface area contributed by atoms with Gasteiger partial charge in [0.1, 0.15) is 5.82 Å². The lowest BCUT2D eigenvalue weighted by molar-refractivity contribution is -0.142. The SMILES string of the molecule is Nc1nccc(N2CC[C@@H](O)[C@@]3(CCCNC3=O)C2)n1.O=CO. The van der Waals surface area contributed by atoms with Crippen molar-refractivity contribution in [1.82, 2.24) is 15.3 Å². The van der Waals surface area contributed by atoms with Crippen LogP contribution in [0.15, 0.2) is 12.3 Å². The summed E-state index contributed by atoms with van der Waals surface area (Å²) in [6.07, 6.45) is 3.16. The molecule has 5 N–H and O–H groups in total. The summed E-state index contributed by atoms with van der Waals surface area (Å²) < 4.78 is 0. The smallest absolute Gasteiger partial charge is 0.290 e. The zero-order valence-electron chi connectivity index (χ0n) is 12.7. The van der Waals surface area contributed by atoms with E-state index in [1.807, 2.05) is 4.90 Å². The molecule has 0 unspecified atom stereocenters. The van der Waals surface area contributed by atoms with E-state index in [-0.39, 0.29) is 18.3 Å². The number of nitrogen functional groups attached to an aromatic ring is 1. The summed E-state index contributed by atoms with van der Waals surface area (Å²) >= 11 is 0. The third-order valence-corrected chi connectivity index (χ3v) is 4.30. The van der Waals surface area contributed by atoms with Gasteiger partial charge in [0.05, 0.1) is 11.5 Å². The summed E-state index contributed by atoms with van der Waals surface area (Å²) in [4.78, 5) is 30.7. The quantitative estimate of drug-likeness (QED) is 0.493. The lowest BCUT2D eigenvalue weighted by atomic mass is 9.71. The Labute approximate surface area is 133 Å². The average molecular weight is 323 g/mol. The monoisotopic (exact) mass is 323 g/mol. The van der Waals surface area contributed by atoms with E-state index in [1.165, 1.54) is 0 Å². The van der Waals surface area contributed by atoms with Gasteiger partial charge in [-0.05, 0) is 25.3 Å². The zero-order valence-corrected chi connectivity index (χ0v) is 12.7. The fourth-order valence-electron chi connectivity index (χ4n) is 3.18. The molecule has 23 heavy (non-hydrogen) atoms. The van der Waals surface area contributed by atoms with Crippen molar-refractivity contribution in [1.29, 1.82) is 0 Å². The van der Waals surface area contributed by atoms with Gasteiger partial charge in [-0.3, -0.25) is 9.59 Å². The van der Waals surface area contributed by atoms with Crippen LogP contribution in [0, 0.1) is 5.41 Å². The molecular weight excluding hydrogens is 302 g/mol. The van der Waals surface area contributed by atoms with Crippen LogP contribution in [0.25, 0.3) is 0 Å². The van der Waals surface area contributed by atoms with Crippen LogP contribution in [0.1, 0.15) is 19.3 Å². The number of carboxylic acid groups (broad SMARTS) is 1. The van der Waals surface area contributed by atoms with Gasteiger partial charge in [-0.2, -0.15) is 4.98 Å². The van der Waals surface area contributed by atoms with Crippen molar-refractivity contribution >= 4 is 24.1 Å². The Morgan fingerprint density at radius 2 is 2.26 bits per heavy atom. The number of nitrogens with one attached hydrogen (secondary N) is 1. The van der Waals surface area contributed by atoms with E-state index in [0.717, 1.165) is 6.42 Å². The number of nitrogens with two attached hydrogens (primary N) is 1. The molecule has 2 aliphatic rings. The second-order valence-electron chi connectivity index (χ2n) is 5.62. The molecule has 0 saturated carbocycles. The highest BCUT2D eigenvalue weighted by atomic mass is 16.3. The van der Waals surface area contributed by atoms with Gasteiger partial charge in [0, 0.05) is 25.8 Å². The van der Waals surface area contributed by atoms with Gasteiger partial charge in [-0.15, -0.1) is 0 Å². The first-order chi connectivity index (χ1) is 11.0. The molecule has 0 aliphatic carbocycles. The molecule has 0 bridgehead atoms. The Morgan fingerprint density at radius 3 is 2.91 bits per heavy atom. The average Bonchev–Trinajstić information content (AvgIpc) is 2.53. The largest absolute Gasteiger partial charge is 0.483 e. The molecular formula is C14H21N5O4. The molecule has 2 aliphatic heterocycles. The second-order valence-corrected chi connectivity index (χ2v) is 5.62. The minimum atomic E-state index is -0.726. The van der Waals surface area contributed by atoms with Crippen molar-refractivity contribution in [3.8, 4) is 0 Å². The molecule has 0 radical (unpaired) electrons. The van der Waals surface area contributed by atoms with Gasteiger partial charge in [0.25, 0.3) is 6.47 Å². The third kappa shape index (κ3) is 3.50. The Bertz CT molecular complexity index is 570. The number of rotatable bonds is 1. The number of piperidine rings is 2. The van der Waals surface area contributed by atoms with E-state index in [0.29, 0.717) is 38.3 Å². The maximum Gasteiger partial charge on any atom is 0.290 e. The fourth-order valence-corrected chi connectivity index (χ4v) is 3.18. The maximum absolute atomic E-state index is 12.3. The molecule has 1 aromatic heterocycles. The lowest BCUT2D eigenvalue weighted by Crippen LogP contribution is -2.61. The van der Waals surface area contributed by atoms with Gasteiger partial charge >= 0.3 is 0 Å². The van der Waals surface area contributed by atoms with Gasteiger partial charge < -0.3 is 26.2 Å². The molecule has 126 valence electrons. The third-order valence-electron chi connectivity index (χ3n) is 4.30. The molecule has 1 aromatic rings. The number of aromatic nitrogens is 2. The summed E-state index contributed by atoms with van der Waals surface area (Å²) in [5.74, 6) is 0.876. The summed E-state index contributed by atoms with van der Waals surface area (Å²) in [6, 6.07) is 1.78. The molecule has 1 amide bonds. The summed E-state index contributed by atoms with van der Waals surface area (Å²) in [6.45, 7) is 1.57. The van der Waals surface area contributed by atoms with Gasteiger partial charge in [0.2, 0.25) is 11.9 Å². The van der Waals surface area contributed by atoms with Gasteiger partial charge in [-0.25, -0.2) is 4.98 Å². The molecule has 2 fully saturated rings. The number of carbonyl (C=O) groups is 2. The van der Waals surface area contributed by atoms with Crippen molar-refractivity contribution in [2.24, 2.45) is 5.41 Å². The van der Waals surface area contributed by atoms with E-state index in [1.54, 1.807) is 12.3 Å². The number of anilines is 2. The number of amides is 1. The summed E-state index contributed by atoms with van der Waals surface area (Å²) in [5, 5.41) is 20.1. The number of nitrogens with zero attached hydrogens (tertiary/aromatic N) is 3. The fraction of sp³-hybridized carbons (Fsp3) is 0.571. The first-order valence-corrected chi connectivity index (χ1v) is 7.41. The highest BCUT2D eigenvalue weighted by Crippen LogP contribution is 2.38. The molecule has 0 aromatic carbocycles. The van der Waals surface area contributed by atoms with E-state index < -0.39 is 11.5 Å². The second kappa shape index (κ2) is 7.23. The topological polar surface area (TPSA) is 142 Å². The van der Waals surface area contributed by atoms with Crippen LogP contribution in [0.5, 0.6) is 0 Å². The van der Waals surface area contributed by atoms with E-state index in [2.05, 4.69) is 15.3 Å².